The van der Waals surface area contributed by atoms with Crippen molar-refractivity contribution < 1.29 is 18.7 Å². The predicted molar refractivity (Wildman–Crippen MR) is 95.6 cm³/mol. The number of anilines is 1. The van der Waals surface area contributed by atoms with Crippen molar-refractivity contribution in [3.8, 4) is 0 Å². The highest BCUT2D eigenvalue weighted by Gasteiger charge is 2.37. The Kier molecular flexibility index (Phi) is 5.19. The number of hydrogen-bond acceptors (Lipinski definition) is 4. The molecule has 0 bridgehead atoms. The first-order valence-electron chi connectivity index (χ1n) is 9.31. The Balaban J connectivity index is 0.000000278. The molecule has 144 valence electrons. The normalized spacial score (nSPS) is 22.2. The van der Waals surface area contributed by atoms with Gasteiger partial charge in [0, 0.05) is 19.6 Å². The van der Waals surface area contributed by atoms with Gasteiger partial charge in [0.1, 0.15) is 5.82 Å². The number of fused-ring (bicyclic) bond motifs is 1. The number of alkyl halides is 2. The van der Waals surface area contributed by atoms with Gasteiger partial charge >= 0.3 is 0 Å². The number of halogens is 2. The fourth-order valence-electron chi connectivity index (χ4n) is 3.22. The molecule has 3 aliphatic rings. The van der Waals surface area contributed by atoms with Gasteiger partial charge in [0.25, 0.3) is 11.8 Å². The van der Waals surface area contributed by atoms with Gasteiger partial charge < -0.3 is 15.3 Å². The summed E-state index contributed by atoms with van der Waals surface area (Å²) in [5, 5.41) is 11.2. The summed E-state index contributed by atoms with van der Waals surface area (Å²) in [6.45, 7) is 5.13. The van der Waals surface area contributed by atoms with Crippen molar-refractivity contribution in [3.05, 3.63) is 22.9 Å². The van der Waals surface area contributed by atoms with Crippen LogP contribution in [0.15, 0.2) is 6.07 Å². The number of aliphatic hydroxyl groups is 1. The average Bonchev–Trinajstić information content (AvgIpc) is 3.26. The summed E-state index contributed by atoms with van der Waals surface area (Å²) in [4.78, 5) is 17.8. The molecule has 1 aliphatic carbocycles. The molecule has 7 heteroatoms. The molecule has 1 aromatic heterocycles. The molecule has 5 nitrogen and oxygen atoms in total. The highest BCUT2D eigenvalue weighted by atomic mass is 19.3. The zero-order valence-electron chi connectivity index (χ0n) is 15.4. The summed E-state index contributed by atoms with van der Waals surface area (Å²) < 4.78 is 27.2. The van der Waals surface area contributed by atoms with E-state index in [9.17, 15) is 13.6 Å². The van der Waals surface area contributed by atoms with Gasteiger partial charge in [-0.1, -0.05) is 13.8 Å². The van der Waals surface area contributed by atoms with Gasteiger partial charge in [0.15, 0.2) is 0 Å². The van der Waals surface area contributed by atoms with Crippen molar-refractivity contribution in [1.29, 1.82) is 0 Å². The van der Waals surface area contributed by atoms with Crippen LogP contribution in [-0.4, -0.2) is 41.6 Å². The zero-order chi connectivity index (χ0) is 18.9. The van der Waals surface area contributed by atoms with E-state index < -0.39 is 5.92 Å². The minimum absolute atomic E-state index is 0.0596. The fraction of sp³-hybridized carbons (Fsp3) is 0.684. The molecule has 3 heterocycles. The maximum Gasteiger partial charge on any atom is 0.265 e. The molecule has 1 aromatic rings. The van der Waals surface area contributed by atoms with Crippen LogP contribution >= 0.6 is 0 Å². The number of amides is 1. The Morgan fingerprint density at radius 2 is 2.08 bits per heavy atom. The van der Waals surface area contributed by atoms with Gasteiger partial charge in [-0.3, -0.25) is 4.79 Å². The molecule has 1 saturated heterocycles. The van der Waals surface area contributed by atoms with Gasteiger partial charge in [-0.2, -0.15) is 0 Å². The number of piperidine rings is 1. The molecule has 0 aromatic carbocycles. The molecular formula is C19H27F2N3O2. The summed E-state index contributed by atoms with van der Waals surface area (Å²) >= 11 is 0. The maximum absolute atomic E-state index is 13.6. The summed E-state index contributed by atoms with van der Waals surface area (Å²) in [6.07, 6.45) is 3.53. The van der Waals surface area contributed by atoms with E-state index in [1.807, 2.05) is 6.92 Å². The van der Waals surface area contributed by atoms with E-state index in [2.05, 4.69) is 17.2 Å². The number of aromatic nitrogens is 1. The number of rotatable bonds is 3. The van der Waals surface area contributed by atoms with E-state index in [1.165, 1.54) is 12.8 Å². The van der Waals surface area contributed by atoms with Crippen LogP contribution in [0, 0.1) is 5.41 Å². The Hall–Kier alpha value is -1.76. The van der Waals surface area contributed by atoms with Crippen LogP contribution in [0.4, 0.5) is 14.6 Å². The fourth-order valence-corrected chi connectivity index (χ4v) is 3.22. The first kappa shape index (κ1) is 19.0. The molecule has 2 fully saturated rings. The monoisotopic (exact) mass is 367 g/mol. The second-order valence-electron chi connectivity index (χ2n) is 7.85. The van der Waals surface area contributed by atoms with Crippen molar-refractivity contribution in [3.63, 3.8) is 0 Å². The van der Waals surface area contributed by atoms with Crippen molar-refractivity contribution in [1.82, 2.24) is 10.3 Å². The van der Waals surface area contributed by atoms with Crippen LogP contribution in [-0.2, 0) is 13.0 Å². The third-order valence-electron chi connectivity index (χ3n) is 5.38. The van der Waals surface area contributed by atoms with E-state index in [0.717, 1.165) is 5.56 Å². The largest absolute Gasteiger partial charge is 0.396 e. The second-order valence-corrected chi connectivity index (χ2v) is 7.85. The van der Waals surface area contributed by atoms with Crippen LogP contribution in [0.3, 0.4) is 0 Å². The number of carbonyl (C=O) groups excluding carboxylic acids is 1. The number of carbonyl (C=O) groups is 1. The van der Waals surface area contributed by atoms with E-state index in [-0.39, 0.29) is 18.9 Å². The van der Waals surface area contributed by atoms with Crippen LogP contribution in [0.2, 0.25) is 0 Å². The third-order valence-corrected chi connectivity index (χ3v) is 5.38. The molecule has 0 spiro atoms. The summed E-state index contributed by atoms with van der Waals surface area (Å²) in [7, 11) is 0. The average molecular weight is 367 g/mol. The third kappa shape index (κ3) is 4.14. The topological polar surface area (TPSA) is 65.5 Å². The number of hydrogen-bond donors (Lipinski definition) is 2. The second kappa shape index (κ2) is 7.10. The minimum Gasteiger partial charge on any atom is -0.396 e. The zero-order valence-corrected chi connectivity index (χ0v) is 15.4. The summed E-state index contributed by atoms with van der Waals surface area (Å²) in [6, 6.07) is 1.80. The first-order valence-corrected chi connectivity index (χ1v) is 9.31. The Labute approximate surface area is 152 Å². The Morgan fingerprint density at radius 3 is 2.62 bits per heavy atom. The molecular weight excluding hydrogens is 340 g/mol. The SMILES string of the molecule is CC1(CO)CC1.CCc1cc2c(nc1N1CCCC(F)(F)C1)CNC2=O. The lowest BCUT2D eigenvalue weighted by atomic mass is 10.0. The number of aliphatic hydroxyl groups excluding tert-OH is 1. The highest BCUT2D eigenvalue weighted by Crippen LogP contribution is 2.43. The number of nitrogens with zero attached hydrogens (tertiary/aromatic N) is 2. The van der Waals surface area contributed by atoms with E-state index in [1.54, 1.807) is 11.0 Å². The number of aryl methyl sites for hydroxylation is 1. The van der Waals surface area contributed by atoms with E-state index in [4.69, 9.17) is 5.11 Å². The van der Waals surface area contributed by atoms with Crippen molar-refractivity contribution in [2.75, 3.05) is 24.6 Å². The number of nitrogens with one attached hydrogen (secondary N) is 1. The summed E-state index contributed by atoms with van der Waals surface area (Å²) in [5.41, 5.74) is 2.45. The van der Waals surface area contributed by atoms with Crippen LogP contribution < -0.4 is 10.2 Å². The molecule has 4 rings (SSSR count). The van der Waals surface area contributed by atoms with Crippen LogP contribution in [0.1, 0.15) is 61.1 Å². The molecule has 0 atom stereocenters. The van der Waals surface area contributed by atoms with E-state index >= 15 is 0 Å². The van der Waals surface area contributed by atoms with Gasteiger partial charge in [-0.25, -0.2) is 13.8 Å². The molecule has 2 N–H and O–H groups in total. The maximum atomic E-state index is 13.6. The quantitative estimate of drug-likeness (QED) is 0.862. The highest BCUT2D eigenvalue weighted by molar-refractivity contribution is 5.98. The molecule has 0 radical (unpaired) electrons. The first-order chi connectivity index (χ1) is 12.3. The number of pyridine rings is 1. The van der Waals surface area contributed by atoms with Gasteiger partial charge in [-0.15, -0.1) is 0 Å². The van der Waals surface area contributed by atoms with Gasteiger partial charge in [-0.05, 0) is 42.7 Å². The molecule has 1 amide bonds. The predicted octanol–water partition coefficient (Wildman–Crippen LogP) is 2.90. The van der Waals surface area contributed by atoms with Crippen molar-refractivity contribution >= 4 is 11.7 Å². The minimum atomic E-state index is -2.65. The van der Waals surface area contributed by atoms with Crippen LogP contribution in [0.25, 0.3) is 0 Å². The van der Waals surface area contributed by atoms with Crippen molar-refractivity contribution in [2.45, 2.75) is 58.4 Å². The van der Waals surface area contributed by atoms with Crippen molar-refractivity contribution in [2.24, 2.45) is 5.41 Å². The molecule has 2 aliphatic heterocycles. The van der Waals surface area contributed by atoms with E-state index in [0.29, 0.717) is 55.0 Å². The lowest BCUT2D eigenvalue weighted by Gasteiger charge is -2.34. The lowest BCUT2D eigenvalue weighted by molar-refractivity contribution is -0.0119. The molecule has 1 saturated carbocycles. The lowest BCUT2D eigenvalue weighted by Crippen LogP contribution is -2.43. The Bertz CT molecular complexity index is 690. The van der Waals surface area contributed by atoms with Gasteiger partial charge in [0.05, 0.1) is 24.3 Å². The molecule has 26 heavy (non-hydrogen) atoms. The van der Waals surface area contributed by atoms with Gasteiger partial charge in [0.2, 0.25) is 0 Å². The standard InChI is InChI=1S/C14H17F2N3O.C5H10O/c1-2-9-6-10-11(7-17-13(10)20)18-12(9)19-5-3-4-14(15,16)8-19;1-5(4-6)2-3-5/h6H,2-5,7-8H2,1H3,(H,17,20);6H,2-4H2,1H3. The molecule has 0 unspecified atom stereocenters. The summed E-state index contributed by atoms with van der Waals surface area (Å²) in [5.74, 6) is -2.17. The Morgan fingerprint density at radius 1 is 1.35 bits per heavy atom. The smallest absolute Gasteiger partial charge is 0.265 e. The van der Waals surface area contributed by atoms with Crippen LogP contribution in [0.5, 0.6) is 0 Å².